The van der Waals surface area contributed by atoms with Gasteiger partial charge >= 0.3 is 0 Å². The molecular formula is C29H27BrNO3P. The Morgan fingerprint density at radius 1 is 0.543 bits per heavy atom. The summed E-state index contributed by atoms with van der Waals surface area (Å²) >= 11 is 0. The molecule has 4 aromatic rings. The van der Waals surface area contributed by atoms with Crippen LogP contribution >= 0.6 is 7.26 Å². The quantitative estimate of drug-likeness (QED) is 0.254. The van der Waals surface area contributed by atoms with E-state index in [9.17, 15) is 9.59 Å². The van der Waals surface area contributed by atoms with Gasteiger partial charge in [-0.15, -0.1) is 0 Å². The van der Waals surface area contributed by atoms with E-state index in [0.717, 1.165) is 12.6 Å². The highest BCUT2D eigenvalue weighted by molar-refractivity contribution is 7.95. The van der Waals surface area contributed by atoms with Crippen molar-refractivity contribution in [3.63, 3.8) is 0 Å². The summed E-state index contributed by atoms with van der Waals surface area (Å²) in [6.07, 6.45) is 1.61. The van der Waals surface area contributed by atoms with Crippen LogP contribution in [0, 0.1) is 0 Å². The van der Waals surface area contributed by atoms with E-state index in [0.29, 0.717) is 17.7 Å². The highest BCUT2D eigenvalue weighted by atomic mass is 79.9. The van der Waals surface area contributed by atoms with Gasteiger partial charge in [0.1, 0.15) is 23.2 Å². The van der Waals surface area contributed by atoms with E-state index in [1.165, 1.54) is 20.8 Å². The zero-order valence-corrected chi connectivity index (χ0v) is 21.7. The molecule has 0 saturated carbocycles. The van der Waals surface area contributed by atoms with E-state index in [2.05, 4.69) is 72.8 Å². The van der Waals surface area contributed by atoms with E-state index in [1.807, 2.05) is 30.3 Å². The van der Waals surface area contributed by atoms with Gasteiger partial charge in [0.05, 0.1) is 17.3 Å². The Morgan fingerprint density at radius 2 is 0.886 bits per heavy atom. The van der Waals surface area contributed by atoms with Gasteiger partial charge in [-0.1, -0.05) is 66.7 Å². The van der Waals surface area contributed by atoms with Crippen molar-refractivity contribution in [3.05, 3.63) is 126 Å². The second-order valence-electron chi connectivity index (χ2n) is 8.20. The lowest BCUT2D eigenvalue weighted by Crippen LogP contribution is -3.00. The average Bonchev–Trinajstić information content (AvgIpc) is 3.13. The number of hydrogen-bond acceptors (Lipinski definition) is 2. The number of rotatable bonds is 7. The molecule has 178 valence electrons. The van der Waals surface area contributed by atoms with Gasteiger partial charge in [0.2, 0.25) is 0 Å². The van der Waals surface area contributed by atoms with E-state index in [1.54, 1.807) is 12.1 Å². The molecule has 0 atom stereocenters. The monoisotopic (exact) mass is 547 g/mol. The van der Waals surface area contributed by atoms with E-state index in [-0.39, 0.29) is 34.3 Å². The van der Waals surface area contributed by atoms with Crippen LogP contribution in [0.5, 0.6) is 0 Å². The molecular weight excluding hydrogens is 521 g/mol. The molecule has 1 aliphatic heterocycles. The first-order valence-electron chi connectivity index (χ1n) is 11.2. The van der Waals surface area contributed by atoms with Crippen molar-refractivity contribution in [1.29, 1.82) is 0 Å². The zero-order valence-electron chi connectivity index (χ0n) is 19.2. The van der Waals surface area contributed by atoms with Gasteiger partial charge in [-0.2, -0.15) is 0 Å². The summed E-state index contributed by atoms with van der Waals surface area (Å²) in [7, 11) is -1.97. The Labute approximate surface area is 217 Å². The Hall–Kier alpha value is -3.11. The summed E-state index contributed by atoms with van der Waals surface area (Å²) < 4.78 is 0. The smallest absolute Gasteiger partial charge is 0.261 e. The molecule has 0 aromatic heterocycles. The third-order valence-electron chi connectivity index (χ3n) is 6.34. The molecule has 35 heavy (non-hydrogen) atoms. The largest absolute Gasteiger partial charge is 1.00 e. The molecule has 2 amide bonds. The third kappa shape index (κ3) is 4.85. The number of carbonyl (C=O) groups is 2. The third-order valence-corrected chi connectivity index (χ3v) is 10.9. The maximum absolute atomic E-state index is 12.9. The van der Waals surface area contributed by atoms with Crippen molar-refractivity contribution in [2.24, 2.45) is 0 Å². The van der Waals surface area contributed by atoms with Crippen LogP contribution in [0.2, 0.25) is 0 Å². The molecule has 4 nitrogen and oxygen atoms in total. The van der Waals surface area contributed by atoms with Gasteiger partial charge in [-0.3, -0.25) is 14.5 Å². The maximum atomic E-state index is 12.9. The number of fused-ring (bicyclic) bond motifs is 1. The van der Waals surface area contributed by atoms with Gasteiger partial charge in [0, 0.05) is 13.0 Å². The second-order valence-corrected chi connectivity index (χ2v) is 11.8. The molecule has 1 aliphatic rings. The van der Waals surface area contributed by atoms with Gasteiger partial charge in [-0.25, -0.2) is 0 Å². The van der Waals surface area contributed by atoms with Gasteiger partial charge in [0.25, 0.3) is 11.8 Å². The fraction of sp³-hybridized carbons (Fsp3) is 0.103. The molecule has 0 saturated heterocycles. The number of benzene rings is 4. The molecule has 6 heteroatoms. The summed E-state index contributed by atoms with van der Waals surface area (Å²) in [4.78, 5) is 27.2. The summed E-state index contributed by atoms with van der Waals surface area (Å²) in [5, 5.41) is 3.93. The maximum Gasteiger partial charge on any atom is 0.261 e. The predicted molar refractivity (Wildman–Crippen MR) is 140 cm³/mol. The number of amides is 2. The average molecular weight is 548 g/mol. The van der Waals surface area contributed by atoms with Crippen molar-refractivity contribution in [2.45, 2.75) is 6.42 Å². The Morgan fingerprint density at radius 3 is 1.26 bits per heavy atom. The molecule has 2 N–H and O–H groups in total. The summed E-state index contributed by atoms with van der Waals surface area (Å²) in [6.45, 7) is 0.417. The van der Waals surface area contributed by atoms with Crippen molar-refractivity contribution < 1.29 is 32.0 Å². The normalized spacial score (nSPS) is 12.5. The molecule has 0 spiro atoms. The van der Waals surface area contributed by atoms with Crippen LogP contribution in [-0.2, 0) is 0 Å². The van der Waals surface area contributed by atoms with Crippen molar-refractivity contribution in [1.82, 2.24) is 4.90 Å². The van der Waals surface area contributed by atoms with Crippen LogP contribution < -0.4 is 32.9 Å². The van der Waals surface area contributed by atoms with Gasteiger partial charge < -0.3 is 22.5 Å². The topological polar surface area (TPSA) is 68.9 Å². The lowest BCUT2D eigenvalue weighted by molar-refractivity contribution is -0.0000307. The van der Waals surface area contributed by atoms with Crippen molar-refractivity contribution in [3.8, 4) is 0 Å². The van der Waals surface area contributed by atoms with Gasteiger partial charge in [0.15, 0.2) is 0 Å². The SMILES string of the molecule is O.O=C1c2ccccc2C(=O)N1CCC[P+](c1ccccc1)(c1ccccc1)c1ccccc1.[Br-]. The number of hydrogen-bond donors (Lipinski definition) is 0. The fourth-order valence-corrected chi connectivity index (χ4v) is 9.12. The minimum absolute atomic E-state index is 0. The van der Waals surface area contributed by atoms with Crippen LogP contribution in [0.3, 0.4) is 0 Å². The van der Waals surface area contributed by atoms with Crippen LogP contribution in [-0.4, -0.2) is 34.9 Å². The lowest BCUT2D eigenvalue weighted by atomic mass is 10.1. The van der Waals surface area contributed by atoms with Crippen LogP contribution in [0.1, 0.15) is 27.1 Å². The molecule has 5 rings (SSSR count). The number of halogens is 1. The van der Waals surface area contributed by atoms with Crippen LogP contribution in [0.15, 0.2) is 115 Å². The minimum Gasteiger partial charge on any atom is -1.00 e. The van der Waals surface area contributed by atoms with E-state index in [4.69, 9.17) is 0 Å². The second kappa shape index (κ2) is 11.5. The van der Waals surface area contributed by atoms with Crippen molar-refractivity contribution in [2.75, 3.05) is 12.7 Å². The molecule has 4 aromatic carbocycles. The highest BCUT2D eigenvalue weighted by Crippen LogP contribution is 2.55. The lowest BCUT2D eigenvalue weighted by Gasteiger charge is -2.28. The molecule has 0 unspecified atom stereocenters. The summed E-state index contributed by atoms with van der Waals surface area (Å²) in [6, 6.07) is 39.1. The standard InChI is InChI=1S/C29H25NO2P.BrH.H2O/c31-28-26-19-10-11-20-27(26)29(32)30(28)21-12-22-33(23-13-4-1-5-14-23,24-15-6-2-7-16-24)25-17-8-3-9-18-25;;/h1-11,13-20H,12,21-22H2;1H;1H2/q+1;;/p-1. The number of nitrogens with zero attached hydrogens (tertiary/aromatic N) is 1. The highest BCUT2D eigenvalue weighted by Gasteiger charge is 2.45. The van der Waals surface area contributed by atoms with Crippen LogP contribution in [0.4, 0.5) is 0 Å². The summed E-state index contributed by atoms with van der Waals surface area (Å²) in [5.74, 6) is -0.364. The predicted octanol–water partition coefficient (Wildman–Crippen LogP) is 0.846. The minimum atomic E-state index is -1.97. The number of carbonyl (C=O) groups excluding carboxylic acids is 2. The Bertz CT molecular complexity index is 1150. The molecule has 0 aliphatic carbocycles. The van der Waals surface area contributed by atoms with Gasteiger partial charge in [-0.05, 0) is 48.5 Å². The number of imide groups is 1. The Balaban J connectivity index is 0.00000171. The van der Waals surface area contributed by atoms with Crippen LogP contribution in [0.25, 0.3) is 0 Å². The first-order valence-corrected chi connectivity index (χ1v) is 13.2. The summed E-state index contributed by atoms with van der Waals surface area (Å²) in [5.41, 5.74) is 1.02. The van der Waals surface area contributed by atoms with Crippen molar-refractivity contribution >= 4 is 35.0 Å². The molecule has 1 heterocycles. The first-order chi connectivity index (χ1) is 16.2. The molecule has 0 fully saturated rings. The van der Waals surface area contributed by atoms with E-state index < -0.39 is 7.26 Å². The zero-order chi connectivity index (χ0) is 22.7. The Kier molecular flexibility index (Phi) is 8.74. The molecule has 0 radical (unpaired) electrons. The molecule has 0 bridgehead atoms. The fourth-order valence-electron chi connectivity index (χ4n) is 4.79. The first kappa shape index (κ1) is 26.5. The van der Waals surface area contributed by atoms with E-state index >= 15 is 0 Å².